The number of carbonyl (C=O) groups is 1. The van der Waals surface area contributed by atoms with Gasteiger partial charge >= 0.3 is 18.3 Å². The topological polar surface area (TPSA) is 44.8 Å². The number of esters is 1. The molecule has 0 aliphatic carbocycles. The minimum atomic E-state index is -5.01. The van der Waals surface area contributed by atoms with Gasteiger partial charge in [-0.15, -0.1) is 0 Å². The third-order valence-corrected chi connectivity index (χ3v) is 5.80. The summed E-state index contributed by atoms with van der Waals surface area (Å²) < 4.78 is 99.5. The van der Waals surface area contributed by atoms with Gasteiger partial charge in [0.15, 0.2) is 0 Å². The van der Waals surface area contributed by atoms with Crippen molar-refractivity contribution in [1.82, 2.24) is 0 Å². The van der Waals surface area contributed by atoms with E-state index in [1.165, 1.54) is 6.07 Å². The Hall–Kier alpha value is -3.69. The Morgan fingerprint density at radius 1 is 0.816 bits per heavy atom. The summed E-state index contributed by atoms with van der Waals surface area (Å²) >= 11 is 0. The summed E-state index contributed by atoms with van der Waals surface area (Å²) in [6.45, 7) is 3.50. The quantitative estimate of drug-likeness (QED) is 0.212. The average Bonchev–Trinajstić information content (AvgIpc) is 2.85. The second-order valence-electron chi connectivity index (χ2n) is 8.97. The molecule has 1 unspecified atom stereocenters. The molecule has 0 aliphatic heterocycles. The van der Waals surface area contributed by atoms with E-state index in [1.807, 2.05) is 0 Å². The van der Waals surface area contributed by atoms with E-state index in [0.29, 0.717) is 11.6 Å². The largest absolute Gasteiger partial charge is 0.496 e. The molecular weight excluding hydrogens is 514 g/mol. The molecule has 1 atom stereocenters. The highest BCUT2D eigenvalue weighted by Crippen LogP contribution is 2.47. The zero-order chi connectivity index (χ0) is 28.3. The molecule has 0 aromatic heterocycles. The summed E-state index contributed by atoms with van der Waals surface area (Å²) in [5.41, 5.74) is -2.06. The van der Waals surface area contributed by atoms with E-state index in [0.717, 1.165) is 32.4 Å². The first kappa shape index (κ1) is 28.9. The van der Waals surface area contributed by atoms with E-state index in [2.05, 4.69) is 0 Å². The monoisotopic (exact) mass is 540 g/mol. The molecule has 0 bridgehead atoms. The number of ether oxygens (including phenoxy) is 3. The predicted molar refractivity (Wildman–Crippen MR) is 129 cm³/mol. The molecule has 38 heavy (non-hydrogen) atoms. The normalized spacial score (nSPS) is 12.8. The van der Waals surface area contributed by atoms with E-state index in [1.54, 1.807) is 44.2 Å². The van der Waals surface area contributed by atoms with Gasteiger partial charge in [-0.1, -0.05) is 44.2 Å². The molecule has 0 aliphatic rings. The van der Waals surface area contributed by atoms with Gasteiger partial charge in [-0.3, -0.25) is 4.79 Å². The van der Waals surface area contributed by atoms with Crippen LogP contribution < -0.4 is 9.47 Å². The molecule has 204 valence electrons. The molecule has 4 nitrogen and oxygen atoms in total. The average molecular weight is 541 g/mol. The van der Waals surface area contributed by atoms with Crippen molar-refractivity contribution in [2.45, 2.75) is 38.5 Å². The highest BCUT2D eigenvalue weighted by molar-refractivity contribution is 5.81. The highest BCUT2D eigenvalue weighted by Gasteiger charge is 2.42. The van der Waals surface area contributed by atoms with Crippen molar-refractivity contribution in [2.24, 2.45) is 5.92 Å². The number of hydrogen-bond donors (Lipinski definition) is 0. The summed E-state index contributed by atoms with van der Waals surface area (Å²) in [6.07, 6.45) is -9.82. The van der Waals surface area contributed by atoms with Gasteiger partial charge in [-0.2, -0.15) is 26.3 Å². The minimum Gasteiger partial charge on any atom is -0.496 e. The Balaban J connectivity index is 2.33. The van der Waals surface area contributed by atoms with Crippen molar-refractivity contribution in [2.75, 3.05) is 14.2 Å². The van der Waals surface area contributed by atoms with Crippen molar-refractivity contribution in [3.8, 4) is 28.4 Å². The van der Waals surface area contributed by atoms with Crippen LogP contribution in [0.3, 0.4) is 0 Å². The first-order valence-electron chi connectivity index (χ1n) is 11.6. The molecule has 0 saturated carbocycles. The number of hydrogen-bond acceptors (Lipinski definition) is 4. The fourth-order valence-electron chi connectivity index (χ4n) is 4.16. The Labute approximate surface area is 216 Å². The van der Waals surface area contributed by atoms with Gasteiger partial charge in [0.2, 0.25) is 0 Å². The predicted octanol–water partition coefficient (Wildman–Crippen LogP) is 8.49. The number of alkyl halides is 6. The van der Waals surface area contributed by atoms with Crippen molar-refractivity contribution >= 4 is 5.97 Å². The van der Waals surface area contributed by atoms with E-state index in [4.69, 9.17) is 14.2 Å². The van der Waals surface area contributed by atoms with Gasteiger partial charge in [0, 0.05) is 0 Å². The standard InChI is InChI=1S/C28H26F6O4/c1-16(2)12-21(26(35)37-4)20-13-18(17-8-6-5-7-9-17)14-24(25(20)28(32,33)34)38-19-10-11-23(36-3)22(15-19)27(29,30)31/h5-11,13-16,21H,12H2,1-4H3. The minimum absolute atomic E-state index is 0.0359. The summed E-state index contributed by atoms with van der Waals surface area (Å²) in [5.74, 6) is -4.10. The zero-order valence-electron chi connectivity index (χ0n) is 21.0. The summed E-state index contributed by atoms with van der Waals surface area (Å²) in [6, 6.07) is 13.3. The maximum Gasteiger partial charge on any atom is 0.420 e. The van der Waals surface area contributed by atoms with Crippen LogP contribution >= 0.6 is 0 Å². The Kier molecular flexibility index (Phi) is 8.64. The van der Waals surface area contributed by atoms with Crippen molar-refractivity contribution in [3.05, 3.63) is 77.4 Å². The van der Waals surface area contributed by atoms with E-state index >= 15 is 0 Å². The van der Waals surface area contributed by atoms with Crippen molar-refractivity contribution in [1.29, 1.82) is 0 Å². The van der Waals surface area contributed by atoms with E-state index < -0.39 is 52.6 Å². The van der Waals surface area contributed by atoms with Gasteiger partial charge in [-0.25, -0.2) is 0 Å². The molecule has 0 heterocycles. The molecule has 10 heteroatoms. The highest BCUT2D eigenvalue weighted by atomic mass is 19.4. The summed E-state index contributed by atoms with van der Waals surface area (Å²) in [5, 5.41) is 0. The number of benzene rings is 3. The lowest BCUT2D eigenvalue weighted by molar-refractivity contribution is -0.145. The van der Waals surface area contributed by atoms with Crippen LogP contribution in [-0.2, 0) is 21.9 Å². The third kappa shape index (κ3) is 6.59. The summed E-state index contributed by atoms with van der Waals surface area (Å²) in [7, 11) is 2.13. The maximum atomic E-state index is 14.6. The van der Waals surface area contributed by atoms with Crippen LogP contribution in [0.4, 0.5) is 26.3 Å². The molecular formula is C28H26F6O4. The Bertz CT molecular complexity index is 1270. The first-order valence-corrected chi connectivity index (χ1v) is 11.6. The molecule has 3 aromatic carbocycles. The molecule has 0 amide bonds. The molecule has 3 rings (SSSR count). The Morgan fingerprint density at radius 2 is 1.47 bits per heavy atom. The van der Waals surface area contributed by atoms with Crippen molar-refractivity contribution in [3.63, 3.8) is 0 Å². The molecule has 0 saturated heterocycles. The van der Waals surface area contributed by atoms with Gasteiger partial charge < -0.3 is 14.2 Å². The molecule has 0 spiro atoms. The van der Waals surface area contributed by atoms with Crippen LogP contribution in [0.1, 0.15) is 42.9 Å². The van der Waals surface area contributed by atoms with Gasteiger partial charge in [0.1, 0.15) is 28.4 Å². The molecule has 0 fully saturated rings. The number of halogens is 6. The first-order chi connectivity index (χ1) is 17.8. The number of methoxy groups -OCH3 is 2. The van der Waals surface area contributed by atoms with Crippen molar-refractivity contribution < 1.29 is 45.3 Å². The van der Waals surface area contributed by atoms with Gasteiger partial charge in [0.05, 0.1) is 20.1 Å². The lowest BCUT2D eigenvalue weighted by Gasteiger charge is -2.25. The van der Waals surface area contributed by atoms with Crippen LogP contribution in [0.25, 0.3) is 11.1 Å². The maximum absolute atomic E-state index is 14.6. The second kappa shape index (κ2) is 11.4. The molecule has 3 aromatic rings. The fourth-order valence-corrected chi connectivity index (χ4v) is 4.16. The van der Waals surface area contributed by atoms with Gasteiger partial charge in [0.25, 0.3) is 0 Å². The van der Waals surface area contributed by atoms with Gasteiger partial charge in [-0.05, 0) is 59.4 Å². The third-order valence-electron chi connectivity index (χ3n) is 5.80. The number of rotatable bonds is 8. The molecule has 0 radical (unpaired) electrons. The lowest BCUT2D eigenvalue weighted by atomic mass is 9.85. The smallest absolute Gasteiger partial charge is 0.420 e. The van der Waals surface area contributed by atoms with Crippen LogP contribution in [-0.4, -0.2) is 20.2 Å². The Morgan fingerprint density at radius 3 is 2.00 bits per heavy atom. The molecule has 0 N–H and O–H groups in total. The van der Waals surface area contributed by atoms with Crippen LogP contribution in [0.15, 0.2) is 60.7 Å². The van der Waals surface area contributed by atoms with E-state index in [-0.39, 0.29) is 23.5 Å². The summed E-state index contributed by atoms with van der Waals surface area (Å²) in [4.78, 5) is 12.7. The van der Waals surface area contributed by atoms with E-state index in [9.17, 15) is 31.1 Å². The SMILES string of the molecule is COC(=O)C(CC(C)C)c1cc(-c2ccccc2)cc(Oc2ccc(OC)c(C(F)(F)F)c2)c1C(F)(F)F. The van der Waals surface area contributed by atoms with Crippen LogP contribution in [0.2, 0.25) is 0 Å². The van der Waals surface area contributed by atoms with Crippen LogP contribution in [0, 0.1) is 5.92 Å². The lowest BCUT2D eigenvalue weighted by Crippen LogP contribution is -2.21. The van der Waals surface area contributed by atoms with Crippen LogP contribution in [0.5, 0.6) is 17.2 Å². The second-order valence-corrected chi connectivity index (χ2v) is 8.97. The zero-order valence-corrected chi connectivity index (χ0v) is 21.0. The fraction of sp³-hybridized carbons (Fsp3) is 0.321. The number of carbonyl (C=O) groups excluding carboxylic acids is 1.